The molecule has 0 spiro atoms. The van der Waals surface area contributed by atoms with Crippen molar-refractivity contribution in [1.29, 1.82) is 0 Å². The molecule has 4 rings (SSSR count). The molecule has 0 bridgehead atoms. The monoisotopic (exact) mass is 590 g/mol. The van der Waals surface area contributed by atoms with Crippen molar-refractivity contribution in [2.45, 2.75) is 58.8 Å². The maximum atomic E-state index is 2.99. The second-order valence-corrected chi connectivity index (χ2v) is 9.25. The number of rotatable bonds is 0. The Morgan fingerprint density at radius 2 is 1.21 bits per heavy atom. The quantitative estimate of drug-likeness (QED) is 0.348. The third-order valence-electron chi connectivity index (χ3n) is 5.03. The maximum Gasteiger partial charge on any atom is 4.00 e. The topological polar surface area (TPSA) is 0 Å². The Balaban J connectivity index is 0.000000863. The molecule has 152 valence electrons. The van der Waals surface area contributed by atoms with E-state index in [2.05, 4.69) is 96.2 Å². The molecule has 0 N–H and O–H groups in total. The maximum absolute atomic E-state index is 2.99. The third-order valence-corrected chi connectivity index (χ3v) is 5.03. The number of fused-ring (bicyclic) bond motifs is 3. The number of benzene rings is 2. The van der Waals surface area contributed by atoms with E-state index in [1.165, 1.54) is 32.7 Å². The zero-order valence-electron chi connectivity index (χ0n) is 18.2. The van der Waals surface area contributed by atoms with E-state index in [-0.39, 0.29) is 71.0 Å². The average Bonchev–Trinajstić information content (AvgIpc) is 3.23. The van der Waals surface area contributed by atoms with Gasteiger partial charge in [0.15, 0.2) is 0 Å². The molecule has 0 saturated heterocycles. The molecule has 0 aliphatic heterocycles. The minimum absolute atomic E-state index is 0. The molecule has 0 fully saturated rings. The number of halogens is 2. The second-order valence-electron chi connectivity index (χ2n) is 9.25. The molecule has 0 unspecified atom stereocenters. The molecule has 0 aromatic heterocycles. The zero-order chi connectivity index (χ0) is 18.9. The molecule has 0 radical (unpaired) electrons. The van der Waals surface area contributed by atoms with E-state index in [0.29, 0.717) is 0 Å². The van der Waals surface area contributed by atoms with Gasteiger partial charge in [0.2, 0.25) is 0 Å². The molecular formula is C26H30Br2Zr. The molecule has 0 amide bonds. The fourth-order valence-corrected chi connectivity index (χ4v) is 3.27. The van der Waals surface area contributed by atoms with Crippen LogP contribution in [0.15, 0.2) is 60.7 Å². The van der Waals surface area contributed by atoms with Gasteiger partial charge in [0.1, 0.15) is 0 Å². The van der Waals surface area contributed by atoms with Gasteiger partial charge in [-0.1, -0.05) is 76.9 Å². The summed E-state index contributed by atoms with van der Waals surface area (Å²) in [6.07, 6.45) is 10.0. The van der Waals surface area contributed by atoms with Crippen LogP contribution < -0.4 is 34.0 Å². The summed E-state index contributed by atoms with van der Waals surface area (Å²) in [5.41, 5.74) is 3.20. The second kappa shape index (κ2) is 11.3. The van der Waals surface area contributed by atoms with Gasteiger partial charge in [-0.25, -0.2) is 12.2 Å². The van der Waals surface area contributed by atoms with Gasteiger partial charge in [-0.2, -0.15) is 6.08 Å². The summed E-state index contributed by atoms with van der Waals surface area (Å²) in [6.45, 7) is 13.7. The molecule has 3 aromatic carbocycles. The first-order valence-corrected chi connectivity index (χ1v) is 9.52. The molecule has 29 heavy (non-hydrogen) atoms. The van der Waals surface area contributed by atoms with Crippen LogP contribution in [0.5, 0.6) is 0 Å². The van der Waals surface area contributed by atoms with E-state index in [9.17, 15) is 0 Å². The van der Waals surface area contributed by atoms with Crippen molar-refractivity contribution in [2.75, 3.05) is 0 Å². The van der Waals surface area contributed by atoms with Gasteiger partial charge in [0, 0.05) is 0 Å². The van der Waals surface area contributed by atoms with Gasteiger partial charge in [0.05, 0.1) is 0 Å². The van der Waals surface area contributed by atoms with Gasteiger partial charge < -0.3 is 34.0 Å². The van der Waals surface area contributed by atoms with Crippen LogP contribution in [-0.2, 0) is 37.0 Å². The molecule has 0 nitrogen and oxygen atoms in total. The van der Waals surface area contributed by atoms with Crippen molar-refractivity contribution >= 4 is 21.5 Å². The summed E-state index contributed by atoms with van der Waals surface area (Å²) in [5, 5.41) is 5.49. The van der Waals surface area contributed by atoms with Crippen LogP contribution in [0.3, 0.4) is 0 Å². The van der Waals surface area contributed by atoms with Crippen molar-refractivity contribution < 1.29 is 60.2 Å². The summed E-state index contributed by atoms with van der Waals surface area (Å²) < 4.78 is 0. The summed E-state index contributed by atoms with van der Waals surface area (Å²) in [4.78, 5) is 0. The Morgan fingerprint density at radius 3 is 1.48 bits per heavy atom. The molecule has 0 atom stereocenters. The van der Waals surface area contributed by atoms with E-state index < -0.39 is 0 Å². The predicted octanol–water partition coefficient (Wildman–Crippen LogP) is 1.62. The fraction of sp³-hybridized carbons (Fsp3) is 0.346. The number of hydrogen-bond acceptors (Lipinski definition) is 0. The van der Waals surface area contributed by atoms with Crippen LogP contribution in [0.25, 0.3) is 21.5 Å². The third kappa shape index (κ3) is 7.08. The summed E-state index contributed by atoms with van der Waals surface area (Å²) in [7, 11) is 0. The first kappa shape index (κ1) is 28.6. The van der Waals surface area contributed by atoms with Crippen molar-refractivity contribution in [2.24, 2.45) is 0 Å². The van der Waals surface area contributed by atoms with Crippen molar-refractivity contribution in [3.05, 3.63) is 77.9 Å². The largest absolute Gasteiger partial charge is 4.00 e. The first-order valence-electron chi connectivity index (χ1n) is 9.52. The van der Waals surface area contributed by atoms with Gasteiger partial charge >= 0.3 is 26.2 Å². The molecule has 3 heteroatoms. The molecule has 0 saturated carbocycles. The van der Waals surface area contributed by atoms with Gasteiger partial charge in [-0.3, -0.25) is 6.08 Å². The number of hydrogen-bond donors (Lipinski definition) is 0. The van der Waals surface area contributed by atoms with Crippen molar-refractivity contribution in [3.8, 4) is 0 Å². The van der Waals surface area contributed by atoms with E-state index >= 15 is 0 Å². The van der Waals surface area contributed by atoms with Crippen LogP contribution in [-0.4, -0.2) is 0 Å². The van der Waals surface area contributed by atoms with Crippen LogP contribution in [0, 0.1) is 6.08 Å². The Labute approximate surface area is 216 Å². The van der Waals surface area contributed by atoms with Crippen molar-refractivity contribution in [3.63, 3.8) is 0 Å². The van der Waals surface area contributed by atoms with E-state index in [1.807, 2.05) is 12.2 Å². The van der Waals surface area contributed by atoms with E-state index in [0.717, 1.165) is 6.42 Å². The van der Waals surface area contributed by atoms with Gasteiger partial charge in [0.25, 0.3) is 0 Å². The van der Waals surface area contributed by atoms with Crippen molar-refractivity contribution in [1.82, 2.24) is 0 Å². The minimum Gasteiger partial charge on any atom is -1.00 e. The van der Waals surface area contributed by atoms with Crippen LogP contribution in [0.2, 0.25) is 0 Å². The standard InChI is InChI=1S/C21H25.C5H5.2BrH.Zr/c1-20(2,3)16-9-7-14-11-15-8-10-17(21(4,5)6)13-19(15)18(14)12-16;1-2-4-5-3-1;;;/h7-13H,1-6H3;1-3H,4H2;2*1H;/q2*-1;;;+4/p-2. The first-order chi connectivity index (χ1) is 12.2. The smallest absolute Gasteiger partial charge is 1.00 e. The molecule has 1 aliphatic carbocycles. The van der Waals surface area contributed by atoms with Gasteiger partial charge in [-0.15, -0.1) is 46.2 Å². The number of allylic oxidation sites excluding steroid dienone is 4. The van der Waals surface area contributed by atoms with Crippen LogP contribution in [0.4, 0.5) is 0 Å². The normalized spacial score (nSPS) is 12.6. The predicted molar refractivity (Wildman–Crippen MR) is 116 cm³/mol. The molecule has 3 aromatic rings. The molecule has 0 heterocycles. The SMILES string of the molecule is CC(C)(C)c1ccc2[cH-]c3ccc(C(C)(C)C)cc3c2c1.[Br-].[Br-].[C-]1=CC=CC1.[Zr+4]. The average molecular weight is 594 g/mol. The van der Waals surface area contributed by atoms with Crippen LogP contribution >= 0.6 is 0 Å². The fourth-order valence-electron chi connectivity index (χ4n) is 3.27. The van der Waals surface area contributed by atoms with E-state index in [1.54, 1.807) is 0 Å². The molecule has 1 aliphatic rings. The van der Waals surface area contributed by atoms with Crippen LogP contribution in [0.1, 0.15) is 59.1 Å². The zero-order valence-corrected chi connectivity index (χ0v) is 23.9. The summed E-state index contributed by atoms with van der Waals surface area (Å²) >= 11 is 0. The van der Waals surface area contributed by atoms with Gasteiger partial charge in [-0.05, 0) is 10.8 Å². The summed E-state index contributed by atoms with van der Waals surface area (Å²) in [5.74, 6) is 0. The Hall–Kier alpha value is -0.367. The summed E-state index contributed by atoms with van der Waals surface area (Å²) in [6, 6.07) is 16.1. The molecular weight excluding hydrogens is 563 g/mol. The Kier molecular flexibility index (Phi) is 11.2. The van der Waals surface area contributed by atoms with E-state index in [4.69, 9.17) is 0 Å². The minimum atomic E-state index is 0. The Bertz CT molecular complexity index is 901. The Morgan fingerprint density at radius 1 is 0.759 bits per heavy atom.